The number of carbonyl (C=O) groups is 2. The van der Waals surface area contributed by atoms with Crippen LogP contribution >= 0.6 is 0 Å². The van der Waals surface area contributed by atoms with Gasteiger partial charge in [-0.2, -0.15) is 0 Å². The minimum Gasteiger partial charge on any atom is -0.494 e. The summed E-state index contributed by atoms with van der Waals surface area (Å²) >= 11 is 0. The molecule has 2 spiro atoms. The van der Waals surface area contributed by atoms with E-state index in [1.807, 2.05) is 45.0 Å². The summed E-state index contributed by atoms with van der Waals surface area (Å²) in [5.41, 5.74) is 3.91. The zero-order valence-electron chi connectivity index (χ0n) is 21.1. The number of ether oxygens (including phenoxy) is 3. The Kier molecular flexibility index (Phi) is 6.88. The number of primary amides is 1. The van der Waals surface area contributed by atoms with Crippen LogP contribution in [0.5, 0.6) is 5.75 Å². The lowest BCUT2D eigenvalue weighted by atomic mass is 9.75. The van der Waals surface area contributed by atoms with Crippen molar-refractivity contribution in [3.05, 3.63) is 29.8 Å². The highest BCUT2D eigenvalue weighted by atomic mass is 16.6. The van der Waals surface area contributed by atoms with Gasteiger partial charge in [-0.25, -0.2) is 4.99 Å². The Bertz CT molecular complexity index is 976. The van der Waals surface area contributed by atoms with Crippen LogP contribution in [0.4, 0.5) is 0 Å². The number of hydrogen-bond acceptors (Lipinski definition) is 7. The number of carbonyl (C=O) groups excluding carboxylic acids is 2. The second kappa shape index (κ2) is 9.45. The van der Waals surface area contributed by atoms with Gasteiger partial charge in [0.1, 0.15) is 11.4 Å². The molecule has 0 saturated heterocycles. The van der Waals surface area contributed by atoms with E-state index >= 15 is 0 Å². The third-order valence-electron chi connectivity index (χ3n) is 7.55. The van der Waals surface area contributed by atoms with E-state index in [9.17, 15) is 9.59 Å². The molecule has 35 heavy (non-hydrogen) atoms. The van der Waals surface area contributed by atoms with Crippen LogP contribution in [0.3, 0.4) is 0 Å². The largest absolute Gasteiger partial charge is 0.494 e. The van der Waals surface area contributed by atoms with E-state index in [1.54, 1.807) is 0 Å². The Labute approximate surface area is 207 Å². The van der Waals surface area contributed by atoms with Gasteiger partial charge in [0.15, 0.2) is 11.1 Å². The topological polar surface area (TPSA) is 120 Å². The van der Waals surface area contributed by atoms with Crippen LogP contribution in [0.2, 0.25) is 0 Å². The molecule has 0 radical (unpaired) electrons. The number of esters is 1. The summed E-state index contributed by atoms with van der Waals surface area (Å²) in [6.45, 7) is 5.96. The fourth-order valence-corrected chi connectivity index (χ4v) is 5.89. The summed E-state index contributed by atoms with van der Waals surface area (Å²) in [6.07, 6.45) is 6.74. The van der Waals surface area contributed by atoms with Gasteiger partial charge in [-0.3, -0.25) is 9.59 Å². The van der Waals surface area contributed by atoms with E-state index in [0.29, 0.717) is 31.1 Å². The van der Waals surface area contributed by atoms with Gasteiger partial charge in [0.05, 0.1) is 6.61 Å². The first-order chi connectivity index (χ1) is 16.6. The fraction of sp³-hybridized carbons (Fsp3) is 0.667. The van der Waals surface area contributed by atoms with Gasteiger partial charge < -0.3 is 25.1 Å². The second-order valence-corrected chi connectivity index (χ2v) is 11.1. The maximum atomic E-state index is 13.1. The SMILES string of the molecule is CC(C)(C)OC(=O)CC[C@]1(C(N)=O)N=C(c2ccc(OCCCO)cc2)O[C@]12CC21CCCCC1. The highest BCUT2D eigenvalue weighted by molar-refractivity contribution is 6.02. The van der Waals surface area contributed by atoms with Crippen LogP contribution in [0.25, 0.3) is 0 Å². The van der Waals surface area contributed by atoms with Crippen LogP contribution in [-0.2, 0) is 19.1 Å². The van der Waals surface area contributed by atoms with Crippen molar-refractivity contribution in [3.63, 3.8) is 0 Å². The van der Waals surface area contributed by atoms with E-state index in [0.717, 1.165) is 31.2 Å². The summed E-state index contributed by atoms with van der Waals surface area (Å²) in [5.74, 6) is 0.135. The van der Waals surface area contributed by atoms with Crippen molar-refractivity contribution in [1.82, 2.24) is 0 Å². The number of fused-ring (bicyclic) bond motifs is 1. The molecule has 1 heterocycles. The van der Waals surface area contributed by atoms with E-state index in [-0.39, 0.29) is 30.8 Å². The number of nitrogens with zero attached hydrogens (tertiary/aromatic N) is 1. The predicted molar refractivity (Wildman–Crippen MR) is 131 cm³/mol. The molecule has 0 unspecified atom stereocenters. The summed E-state index contributed by atoms with van der Waals surface area (Å²) in [5, 5.41) is 8.94. The van der Waals surface area contributed by atoms with Crippen LogP contribution < -0.4 is 10.5 Å². The molecule has 1 aliphatic heterocycles. The number of rotatable bonds is 9. The molecule has 1 aromatic carbocycles. The number of aliphatic hydroxyl groups excluding tert-OH is 1. The van der Waals surface area contributed by atoms with Crippen LogP contribution in [-0.4, -0.2) is 52.8 Å². The predicted octanol–water partition coefficient (Wildman–Crippen LogP) is 3.66. The van der Waals surface area contributed by atoms with Gasteiger partial charge in [0.2, 0.25) is 11.8 Å². The van der Waals surface area contributed by atoms with Crippen molar-refractivity contribution in [2.24, 2.45) is 16.1 Å². The normalized spacial score (nSPS) is 26.8. The molecule has 0 aromatic heterocycles. The maximum Gasteiger partial charge on any atom is 0.306 e. The quantitative estimate of drug-likeness (QED) is 0.406. The first-order valence-corrected chi connectivity index (χ1v) is 12.7. The summed E-state index contributed by atoms with van der Waals surface area (Å²) in [7, 11) is 0. The van der Waals surface area contributed by atoms with Crippen LogP contribution in [0.1, 0.15) is 84.1 Å². The van der Waals surface area contributed by atoms with Gasteiger partial charge >= 0.3 is 5.97 Å². The van der Waals surface area contributed by atoms with E-state index in [4.69, 9.17) is 30.0 Å². The molecule has 1 aromatic rings. The number of amides is 1. The Hall–Kier alpha value is -2.61. The number of hydrogen-bond donors (Lipinski definition) is 2. The van der Waals surface area contributed by atoms with E-state index in [2.05, 4.69) is 0 Å². The van der Waals surface area contributed by atoms with Crippen molar-refractivity contribution < 1.29 is 28.9 Å². The van der Waals surface area contributed by atoms with Gasteiger partial charge in [-0.15, -0.1) is 0 Å². The lowest BCUT2D eigenvalue weighted by Gasteiger charge is -2.35. The molecule has 1 amide bonds. The minimum absolute atomic E-state index is 0.0375. The lowest BCUT2D eigenvalue weighted by Crippen LogP contribution is -2.54. The maximum absolute atomic E-state index is 13.1. The molecule has 3 aliphatic rings. The monoisotopic (exact) mass is 486 g/mol. The average molecular weight is 487 g/mol. The molecule has 2 fully saturated rings. The number of nitrogens with two attached hydrogens (primary N) is 1. The standard InChI is InChI=1S/C27H38N2O6/c1-24(2,3)34-21(31)12-15-26(23(28)32)27(18-25(27)13-5-4-6-14-25)35-22(29-26)19-8-10-20(11-9-19)33-17-7-16-30/h8-11,30H,4-7,12-18H2,1-3H3,(H2,28,32)/t26-,27+/m1/s1. The molecule has 192 valence electrons. The van der Waals surface area contributed by atoms with Crippen molar-refractivity contribution in [2.45, 2.75) is 95.3 Å². The Morgan fingerprint density at radius 3 is 2.43 bits per heavy atom. The number of aliphatic hydroxyl groups is 1. The van der Waals surface area contributed by atoms with Crippen molar-refractivity contribution in [1.29, 1.82) is 0 Å². The number of aliphatic imine (C=N–C) groups is 1. The Balaban J connectivity index is 1.63. The molecule has 3 N–H and O–H groups in total. The first kappa shape index (κ1) is 25.5. The zero-order chi connectivity index (χ0) is 25.3. The van der Waals surface area contributed by atoms with Crippen LogP contribution in [0.15, 0.2) is 29.3 Å². The zero-order valence-corrected chi connectivity index (χ0v) is 21.1. The highest BCUT2D eigenvalue weighted by Crippen LogP contribution is 2.73. The second-order valence-electron chi connectivity index (χ2n) is 11.1. The van der Waals surface area contributed by atoms with E-state index < -0.39 is 22.6 Å². The molecular formula is C27H38N2O6. The third-order valence-corrected chi connectivity index (χ3v) is 7.55. The third kappa shape index (κ3) is 4.77. The summed E-state index contributed by atoms with van der Waals surface area (Å²) in [6, 6.07) is 7.34. The minimum atomic E-state index is -1.31. The van der Waals surface area contributed by atoms with Crippen molar-refractivity contribution in [2.75, 3.05) is 13.2 Å². The van der Waals surface area contributed by atoms with Crippen LogP contribution in [0, 0.1) is 5.41 Å². The molecule has 8 heteroatoms. The number of benzene rings is 1. The van der Waals surface area contributed by atoms with Gasteiger partial charge in [0, 0.05) is 36.8 Å². The Morgan fingerprint density at radius 1 is 1.14 bits per heavy atom. The molecule has 2 atom stereocenters. The van der Waals surface area contributed by atoms with Crippen molar-refractivity contribution in [3.8, 4) is 5.75 Å². The molecule has 2 saturated carbocycles. The van der Waals surface area contributed by atoms with Gasteiger partial charge in [-0.1, -0.05) is 19.3 Å². The van der Waals surface area contributed by atoms with Gasteiger partial charge in [0.25, 0.3) is 0 Å². The summed E-state index contributed by atoms with van der Waals surface area (Å²) in [4.78, 5) is 30.6. The Morgan fingerprint density at radius 2 is 1.83 bits per heavy atom. The fourth-order valence-electron chi connectivity index (χ4n) is 5.89. The lowest BCUT2D eigenvalue weighted by molar-refractivity contribution is -0.155. The van der Waals surface area contributed by atoms with Crippen molar-refractivity contribution >= 4 is 17.8 Å². The molecule has 2 aliphatic carbocycles. The molecule has 8 nitrogen and oxygen atoms in total. The van der Waals surface area contributed by atoms with E-state index in [1.165, 1.54) is 6.42 Å². The smallest absolute Gasteiger partial charge is 0.306 e. The molecule has 4 rings (SSSR count). The summed E-state index contributed by atoms with van der Waals surface area (Å²) < 4.78 is 17.7. The van der Waals surface area contributed by atoms with Gasteiger partial charge in [-0.05, 0) is 64.3 Å². The molecular weight excluding hydrogens is 448 g/mol. The molecule has 0 bridgehead atoms. The highest BCUT2D eigenvalue weighted by Gasteiger charge is 2.82. The first-order valence-electron chi connectivity index (χ1n) is 12.7. The average Bonchev–Trinajstić information content (AvgIpc) is 3.25.